The minimum absolute atomic E-state index is 0.435. The Labute approximate surface area is 110 Å². The maximum Gasteiger partial charge on any atom is 0.315 e. The Kier molecular flexibility index (Phi) is 6.31. The predicted octanol–water partition coefficient (Wildman–Crippen LogP) is -0.877. The molecule has 1 heterocycles. The summed E-state index contributed by atoms with van der Waals surface area (Å²) in [6.45, 7) is 7.53. The predicted molar refractivity (Wildman–Crippen MR) is 70.7 cm³/mol. The molecule has 0 aromatic carbocycles. The van der Waals surface area contributed by atoms with E-state index in [1.165, 1.54) is 16.2 Å². The van der Waals surface area contributed by atoms with Crippen LogP contribution in [0.3, 0.4) is 0 Å². The smallest absolute Gasteiger partial charge is 0.315 e. The lowest BCUT2D eigenvalue weighted by Gasteiger charge is -2.15. The lowest BCUT2D eigenvalue weighted by atomic mass is 10.4. The first kappa shape index (κ1) is 14.6. The highest BCUT2D eigenvalue weighted by Crippen LogP contribution is 2.09. The van der Waals surface area contributed by atoms with Crippen LogP contribution in [0, 0.1) is 0 Å². The number of quaternary nitrogens is 1. The zero-order valence-corrected chi connectivity index (χ0v) is 11.5. The van der Waals surface area contributed by atoms with Gasteiger partial charge in [-0.2, -0.15) is 0 Å². The van der Waals surface area contributed by atoms with Gasteiger partial charge in [-0.3, -0.25) is 14.9 Å². The van der Waals surface area contributed by atoms with E-state index in [-0.39, 0.29) is 0 Å². The van der Waals surface area contributed by atoms with Crippen LogP contribution in [0.25, 0.3) is 0 Å². The Morgan fingerprint density at radius 1 is 1.33 bits per heavy atom. The van der Waals surface area contributed by atoms with Crippen molar-refractivity contribution in [3.63, 3.8) is 0 Å². The summed E-state index contributed by atoms with van der Waals surface area (Å²) in [7, 11) is 0. The van der Waals surface area contributed by atoms with E-state index in [4.69, 9.17) is 0 Å². The molecule has 0 aliphatic heterocycles. The van der Waals surface area contributed by atoms with Crippen LogP contribution in [-0.4, -0.2) is 43.0 Å². The molecule has 1 aromatic heterocycles. The third kappa shape index (κ3) is 4.80. The third-order valence-corrected chi connectivity index (χ3v) is 3.31. The van der Waals surface area contributed by atoms with Crippen molar-refractivity contribution in [2.45, 2.75) is 13.8 Å². The molecule has 6 nitrogen and oxygen atoms in total. The average molecular weight is 271 g/mol. The summed E-state index contributed by atoms with van der Waals surface area (Å²) in [4.78, 5) is 28.2. The van der Waals surface area contributed by atoms with Crippen LogP contribution < -0.4 is 15.5 Å². The van der Waals surface area contributed by atoms with E-state index in [0.29, 0.717) is 11.7 Å². The van der Waals surface area contributed by atoms with Gasteiger partial charge in [-0.05, 0) is 13.8 Å². The molecule has 0 fully saturated rings. The minimum Gasteiger partial charge on any atom is -0.342 e. The van der Waals surface area contributed by atoms with Gasteiger partial charge in [-0.1, -0.05) is 0 Å². The van der Waals surface area contributed by atoms with E-state index < -0.39 is 11.8 Å². The number of nitrogens with zero attached hydrogens (tertiary/aromatic N) is 1. The number of nitrogens with one attached hydrogen (secondary N) is 3. The van der Waals surface area contributed by atoms with Crippen molar-refractivity contribution in [2.75, 3.05) is 31.5 Å². The molecule has 2 amide bonds. The largest absolute Gasteiger partial charge is 0.342 e. The van der Waals surface area contributed by atoms with Crippen LogP contribution in [0.2, 0.25) is 0 Å². The molecule has 0 radical (unpaired) electrons. The number of amides is 2. The van der Waals surface area contributed by atoms with Gasteiger partial charge in [0.1, 0.15) is 0 Å². The fourth-order valence-electron chi connectivity index (χ4n) is 1.48. The number of hydrogen-bond acceptors (Lipinski definition) is 4. The topological polar surface area (TPSA) is 75.5 Å². The van der Waals surface area contributed by atoms with Gasteiger partial charge in [-0.15, -0.1) is 11.3 Å². The normalized spacial score (nSPS) is 10.4. The van der Waals surface area contributed by atoms with E-state index in [9.17, 15) is 9.59 Å². The van der Waals surface area contributed by atoms with Crippen molar-refractivity contribution in [1.82, 2.24) is 10.3 Å². The Morgan fingerprint density at radius 2 is 2.06 bits per heavy atom. The molecule has 0 spiro atoms. The average Bonchev–Trinajstić information content (AvgIpc) is 2.87. The molecule has 0 atom stereocenters. The number of aromatic nitrogens is 1. The molecular formula is C11H19N4O2S+. The lowest BCUT2D eigenvalue weighted by Crippen LogP contribution is -3.12. The Morgan fingerprint density at radius 3 is 2.61 bits per heavy atom. The highest BCUT2D eigenvalue weighted by Gasteiger charge is 2.14. The van der Waals surface area contributed by atoms with Gasteiger partial charge in [0, 0.05) is 11.6 Å². The van der Waals surface area contributed by atoms with Crippen molar-refractivity contribution >= 4 is 28.3 Å². The van der Waals surface area contributed by atoms with Crippen LogP contribution in [0.5, 0.6) is 0 Å². The second kappa shape index (κ2) is 7.78. The fraction of sp³-hybridized carbons (Fsp3) is 0.545. The van der Waals surface area contributed by atoms with Gasteiger partial charge in [0.15, 0.2) is 5.13 Å². The molecule has 0 unspecified atom stereocenters. The molecule has 18 heavy (non-hydrogen) atoms. The zero-order valence-electron chi connectivity index (χ0n) is 10.7. The molecule has 0 bridgehead atoms. The SMILES string of the molecule is CC[NH+](CC)CCNC(=O)C(=O)Nc1nccs1. The number of carbonyl (C=O) groups is 2. The summed E-state index contributed by atoms with van der Waals surface area (Å²) >= 11 is 1.28. The minimum atomic E-state index is -0.667. The maximum absolute atomic E-state index is 11.5. The van der Waals surface area contributed by atoms with Gasteiger partial charge in [0.2, 0.25) is 0 Å². The molecule has 0 saturated carbocycles. The number of carbonyl (C=O) groups excluding carboxylic acids is 2. The summed E-state index contributed by atoms with van der Waals surface area (Å²) in [5.74, 6) is -1.28. The van der Waals surface area contributed by atoms with Gasteiger partial charge in [-0.25, -0.2) is 4.98 Å². The molecule has 3 N–H and O–H groups in total. The monoisotopic (exact) mass is 271 g/mol. The summed E-state index contributed by atoms with van der Waals surface area (Å²) in [5.41, 5.74) is 0. The highest BCUT2D eigenvalue weighted by atomic mass is 32.1. The second-order valence-electron chi connectivity index (χ2n) is 3.75. The van der Waals surface area contributed by atoms with Crippen LogP contribution in [-0.2, 0) is 9.59 Å². The second-order valence-corrected chi connectivity index (χ2v) is 4.65. The molecule has 7 heteroatoms. The van der Waals surface area contributed by atoms with E-state index in [1.54, 1.807) is 11.6 Å². The quantitative estimate of drug-likeness (QED) is 0.588. The number of hydrogen-bond donors (Lipinski definition) is 3. The molecule has 100 valence electrons. The summed E-state index contributed by atoms with van der Waals surface area (Å²) in [6.07, 6.45) is 1.57. The van der Waals surface area contributed by atoms with Crippen LogP contribution in [0.1, 0.15) is 13.8 Å². The molecule has 1 rings (SSSR count). The van der Waals surface area contributed by atoms with Crippen molar-refractivity contribution in [3.8, 4) is 0 Å². The molecule has 1 aromatic rings. The Bertz CT molecular complexity index is 376. The van der Waals surface area contributed by atoms with Crippen molar-refractivity contribution < 1.29 is 14.5 Å². The van der Waals surface area contributed by atoms with Crippen molar-refractivity contribution in [3.05, 3.63) is 11.6 Å². The highest BCUT2D eigenvalue weighted by molar-refractivity contribution is 7.13. The Balaban J connectivity index is 2.26. The standard InChI is InChI=1S/C11H18N4O2S/c1-3-15(4-2)7-5-12-9(16)10(17)14-11-13-6-8-18-11/h6,8H,3-5,7H2,1-2H3,(H,12,16)(H,13,14,17)/p+1. The fourth-order valence-corrected chi connectivity index (χ4v) is 2.00. The maximum atomic E-state index is 11.5. The third-order valence-electron chi connectivity index (χ3n) is 2.62. The molecule has 0 aliphatic rings. The van der Waals surface area contributed by atoms with Crippen LogP contribution in [0.4, 0.5) is 5.13 Å². The van der Waals surface area contributed by atoms with E-state index in [2.05, 4.69) is 29.5 Å². The Hall–Kier alpha value is -1.47. The molecular weight excluding hydrogens is 252 g/mol. The van der Waals surface area contributed by atoms with Gasteiger partial charge >= 0.3 is 11.8 Å². The molecule has 0 aliphatic carbocycles. The summed E-state index contributed by atoms with van der Waals surface area (Å²) in [5, 5.41) is 7.20. The molecule has 0 saturated heterocycles. The van der Waals surface area contributed by atoms with E-state index >= 15 is 0 Å². The zero-order chi connectivity index (χ0) is 13.4. The van der Waals surface area contributed by atoms with E-state index in [0.717, 1.165) is 19.6 Å². The van der Waals surface area contributed by atoms with Gasteiger partial charge < -0.3 is 10.2 Å². The van der Waals surface area contributed by atoms with Gasteiger partial charge in [0.25, 0.3) is 0 Å². The number of likely N-dealkylation sites (N-methyl/N-ethyl adjacent to an activating group) is 1. The summed E-state index contributed by atoms with van der Waals surface area (Å²) in [6, 6.07) is 0. The van der Waals surface area contributed by atoms with Crippen molar-refractivity contribution in [1.29, 1.82) is 0 Å². The van der Waals surface area contributed by atoms with Crippen LogP contribution in [0.15, 0.2) is 11.6 Å². The van der Waals surface area contributed by atoms with Gasteiger partial charge in [0.05, 0.1) is 26.2 Å². The number of thiazole rings is 1. The van der Waals surface area contributed by atoms with E-state index in [1.807, 2.05) is 0 Å². The first-order valence-corrected chi connectivity index (χ1v) is 6.87. The first-order chi connectivity index (χ1) is 8.67. The van der Waals surface area contributed by atoms with Crippen LogP contribution >= 0.6 is 11.3 Å². The van der Waals surface area contributed by atoms with Crippen molar-refractivity contribution in [2.24, 2.45) is 0 Å². The lowest BCUT2D eigenvalue weighted by molar-refractivity contribution is -0.895. The number of anilines is 1. The first-order valence-electron chi connectivity index (χ1n) is 5.99. The number of rotatable bonds is 6. The summed E-state index contributed by atoms with van der Waals surface area (Å²) < 4.78 is 0.